The summed E-state index contributed by atoms with van der Waals surface area (Å²) in [4.78, 5) is 19.8. The number of hydrogen-bond donors (Lipinski definition) is 0. The predicted octanol–water partition coefficient (Wildman–Crippen LogP) is 3.24. The number of thioether (sulfide) groups is 1. The van der Waals surface area contributed by atoms with Crippen molar-refractivity contribution in [2.24, 2.45) is 0 Å². The van der Waals surface area contributed by atoms with E-state index in [0.717, 1.165) is 17.2 Å². The molecule has 0 aliphatic rings. The van der Waals surface area contributed by atoms with Crippen molar-refractivity contribution in [2.75, 3.05) is 12.8 Å². The summed E-state index contributed by atoms with van der Waals surface area (Å²) >= 11 is 1.53. The van der Waals surface area contributed by atoms with Gasteiger partial charge in [-0.3, -0.25) is 14.3 Å². The molecule has 0 amide bonds. The standard InChI is InChI=1S/C17H25N3OS/c1-12(2)19(13(3)4)10-11-20-16(21)14-8-6-7-9-15(14)18-17(20)22-5/h6-9,12-13H,10-11H2,1-5H3. The van der Waals surface area contributed by atoms with Crippen molar-refractivity contribution < 1.29 is 0 Å². The molecule has 0 saturated heterocycles. The molecular formula is C17H25N3OS. The van der Waals surface area contributed by atoms with E-state index in [4.69, 9.17) is 0 Å². The van der Waals surface area contributed by atoms with Crippen molar-refractivity contribution >= 4 is 22.7 Å². The van der Waals surface area contributed by atoms with Gasteiger partial charge < -0.3 is 0 Å². The molecule has 0 fully saturated rings. The van der Waals surface area contributed by atoms with Gasteiger partial charge in [0, 0.05) is 25.2 Å². The summed E-state index contributed by atoms with van der Waals surface area (Å²) in [5.74, 6) is 0. The van der Waals surface area contributed by atoms with Gasteiger partial charge in [0.1, 0.15) is 0 Å². The lowest BCUT2D eigenvalue weighted by atomic mass is 10.2. The highest BCUT2D eigenvalue weighted by molar-refractivity contribution is 7.98. The van der Waals surface area contributed by atoms with Gasteiger partial charge in [0.25, 0.3) is 5.56 Å². The van der Waals surface area contributed by atoms with Crippen molar-refractivity contribution in [1.82, 2.24) is 14.5 Å². The van der Waals surface area contributed by atoms with E-state index < -0.39 is 0 Å². The van der Waals surface area contributed by atoms with Crippen LogP contribution in [0.4, 0.5) is 0 Å². The van der Waals surface area contributed by atoms with Crippen molar-refractivity contribution in [2.45, 2.75) is 51.5 Å². The predicted molar refractivity (Wildman–Crippen MR) is 94.8 cm³/mol. The highest BCUT2D eigenvalue weighted by atomic mass is 32.2. The van der Waals surface area contributed by atoms with Crippen molar-refractivity contribution in [3.63, 3.8) is 0 Å². The number of aromatic nitrogens is 2. The molecular weight excluding hydrogens is 294 g/mol. The SMILES string of the molecule is CSc1nc2ccccc2c(=O)n1CCN(C(C)C)C(C)C. The van der Waals surface area contributed by atoms with Crippen LogP contribution in [-0.4, -0.2) is 39.3 Å². The van der Waals surface area contributed by atoms with Gasteiger partial charge >= 0.3 is 0 Å². The van der Waals surface area contributed by atoms with E-state index in [1.807, 2.05) is 35.1 Å². The first-order valence-corrected chi connectivity index (χ1v) is 8.97. The Bertz CT molecular complexity index is 686. The molecule has 0 aliphatic heterocycles. The lowest BCUT2D eigenvalue weighted by Gasteiger charge is -2.30. The van der Waals surface area contributed by atoms with E-state index in [1.54, 1.807) is 0 Å². The van der Waals surface area contributed by atoms with E-state index in [0.29, 0.717) is 24.0 Å². The van der Waals surface area contributed by atoms with Crippen LogP contribution in [-0.2, 0) is 6.54 Å². The molecule has 0 saturated carbocycles. The number of rotatable bonds is 6. The van der Waals surface area contributed by atoms with Gasteiger partial charge in [-0.05, 0) is 46.1 Å². The summed E-state index contributed by atoms with van der Waals surface area (Å²) < 4.78 is 1.81. The van der Waals surface area contributed by atoms with E-state index in [9.17, 15) is 4.79 Å². The molecule has 0 spiro atoms. The second-order valence-corrected chi connectivity index (χ2v) is 6.77. The van der Waals surface area contributed by atoms with Crippen molar-refractivity contribution in [3.05, 3.63) is 34.6 Å². The highest BCUT2D eigenvalue weighted by Gasteiger charge is 2.15. The van der Waals surface area contributed by atoms with Crippen molar-refractivity contribution in [3.8, 4) is 0 Å². The summed E-state index contributed by atoms with van der Waals surface area (Å²) in [5, 5.41) is 1.48. The topological polar surface area (TPSA) is 38.1 Å². The normalized spacial score (nSPS) is 12.0. The van der Waals surface area contributed by atoms with Crippen LogP contribution in [0.25, 0.3) is 10.9 Å². The molecule has 2 rings (SSSR count). The summed E-state index contributed by atoms with van der Waals surface area (Å²) in [6, 6.07) is 8.48. The largest absolute Gasteiger partial charge is 0.297 e. The maximum Gasteiger partial charge on any atom is 0.262 e. The molecule has 1 aromatic carbocycles. The smallest absolute Gasteiger partial charge is 0.262 e. The van der Waals surface area contributed by atoms with E-state index in [-0.39, 0.29) is 5.56 Å². The maximum atomic E-state index is 12.8. The summed E-state index contributed by atoms with van der Waals surface area (Å²) in [5.41, 5.74) is 0.833. The quantitative estimate of drug-likeness (QED) is 0.605. The third kappa shape index (κ3) is 3.52. The van der Waals surface area contributed by atoms with Crippen LogP contribution < -0.4 is 5.56 Å². The average molecular weight is 319 g/mol. The second-order valence-electron chi connectivity index (χ2n) is 6.00. The lowest BCUT2D eigenvalue weighted by Crippen LogP contribution is -2.40. The zero-order valence-electron chi connectivity index (χ0n) is 14.0. The molecule has 0 unspecified atom stereocenters. The zero-order valence-corrected chi connectivity index (χ0v) is 14.9. The Morgan fingerprint density at radius 1 is 1.18 bits per heavy atom. The van der Waals surface area contributed by atoms with Crippen LogP contribution in [0, 0.1) is 0 Å². The lowest BCUT2D eigenvalue weighted by molar-refractivity contribution is 0.166. The third-order valence-corrected chi connectivity index (χ3v) is 4.59. The van der Waals surface area contributed by atoms with Gasteiger partial charge in [-0.25, -0.2) is 4.98 Å². The summed E-state index contributed by atoms with van der Waals surface area (Å²) in [7, 11) is 0. The summed E-state index contributed by atoms with van der Waals surface area (Å²) in [6.45, 7) is 10.3. The van der Waals surface area contributed by atoms with Gasteiger partial charge in [-0.1, -0.05) is 23.9 Å². The molecule has 1 aromatic heterocycles. The minimum absolute atomic E-state index is 0.0578. The molecule has 0 atom stereocenters. The number of para-hydroxylation sites is 1. The van der Waals surface area contributed by atoms with Crippen LogP contribution >= 0.6 is 11.8 Å². The van der Waals surface area contributed by atoms with Gasteiger partial charge in [0.2, 0.25) is 0 Å². The van der Waals surface area contributed by atoms with E-state index >= 15 is 0 Å². The van der Waals surface area contributed by atoms with Crippen LogP contribution in [0.15, 0.2) is 34.2 Å². The first-order valence-electron chi connectivity index (χ1n) is 7.75. The molecule has 0 bridgehead atoms. The second kappa shape index (κ2) is 7.29. The van der Waals surface area contributed by atoms with E-state index in [1.165, 1.54) is 11.8 Å². The van der Waals surface area contributed by atoms with Gasteiger partial charge in [-0.15, -0.1) is 0 Å². The van der Waals surface area contributed by atoms with E-state index in [2.05, 4.69) is 37.6 Å². The number of nitrogens with zero attached hydrogens (tertiary/aromatic N) is 3. The molecule has 0 N–H and O–H groups in total. The fourth-order valence-electron chi connectivity index (χ4n) is 2.83. The Morgan fingerprint density at radius 2 is 1.82 bits per heavy atom. The molecule has 120 valence electrons. The summed E-state index contributed by atoms with van der Waals surface area (Å²) in [6.07, 6.45) is 1.97. The molecule has 5 heteroatoms. The van der Waals surface area contributed by atoms with Crippen LogP contribution in [0.5, 0.6) is 0 Å². The van der Waals surface area contributed by atoms with Crippen molar-refractivity contribution in [1.29, 1.82) is 0 Å². The Morgan fingerprint density at radius 3 is 2.41 bits per heavy atom. The fourth-order valence-corrected chi connectivity index (χ4v) is 3.41. The third-order valence-electron chi connectivity index (χ3n) is 3.92. The number of hydrogen-bond acceptors (Lipinski definition) is 4. The highest BCUT2D eigenvalue weighted by Crippen LogP contribution is 2.15. The Balaban J connectivity index is 2.38. The molecule has 2 aromatic rings. The monoisotopic (exact) mass is 319 g/mol. The minimum atomic E-state index is 0.0578. The first kappa shape index (κ1) is 17.0. The molecule has 1 heterocycles. The molecule has 4 nitrogen and oxygen atoms in total. The Kier molecular flexibility index (Phi) is 5.64. The van der Waals surface area contributed by atoms with Crippen LogP contribution in [0.2, 0.25) is 0 Å². The minimum Gasteiger partial charge on any atom is -0.297 e. The Hall–Kier alpha value is -1.33. The van der Waals surface area contributed by atoms with Gasteiger partial charge in [-0.2, -0.15) is 0 Å². The number of benzene rings is 1. The van der Waals surface area contributed by atoms with Gasteiger partial charge in [0.05, 0.1) is 10.9 Å². The Labute approximate surface area is 136 Å². The van der Waals surface area contributed by atoms with Crippen LogP contribution in [0.3, 0.4) is 0 Å². The zero-order chi connectivity index (χ0) is 16.3. The fraction of sp³-hybridized carbons (Fsp3) is 0.529. The number of fused-ring (bicyclic) bond motifs is 1. The molecule has 22 heavy (non-hydrogen) atoms. The first-order chi connectivity index (χ1) is 10.5. The van der Waals surface area contributed by atoms with Crippen LogP contribution in [0.1, 0.15) is 27.7 Å². The molecule has 0 aliphatic carbocycles. The average Bonchev–Trinajstić information content (AvgIpc) is 2.48. The molecule has 0 radical (unpaired) electrons. The van der Waals surface area contributed by atoms with Gasteiger partial charge in [0.15, 0.2) is 5.16 Å². The maximum absolute atomic E-state index is 12.8.